The quantitative estimate of drug-likeness (QED) is 0.931. The fourth-order valence-electron chi connectivity index (χ4n) is 1.78. The van der Waals surface area contributed by atoms with Gasteiger partial charge in [-0.1, -0.05) is 11.6 Å². The standard InChI is InChI=1S/C13H15ClN2OS/c1-3-17-13-8(2)4-9(14)5-10(13)11-7-18-12(6-15)16-11/h4-5,7H,3,6,15H2,1-2H3. The molecule has 1 heterocycles. The summed E-state index contributed by atoms with van der Waals surface area (Å²) in [6, 6.07) is 3.78. The minimum absolute atomic E-state index is 0.453. The summed E-state index contributed by atoms with van der Waals surface area (Å²) in [5, 5.41) is 3.58. The van der Waals surface area contributed by atoms with E-state index in [0.29, 0.717) is 18.2 Å². The van der Waals surface area contributed by atoms with Crippen LogP contribution in [0.4, 0.5) is 0 Å². The molecule has 1 aromatic carbocycles. The van der Waals surface area contributed by atoms with E-state index in [4.69, 9.17) is 22.1 Å². The summed E-state index contributed by atoms with van der Waals surface area (Å²) in [5.74, 6) is 0.843. The van der Waals surface area contributed by atoms with Crippen molar-refractivity contribution in [3.63, 3.8) is 0 Å². The number of hydrogen-bond acceptors (Lipinski definition) is 4. The molecule has 1 aromatic heterocycles. The Hall–Kier alpha value is -1.10. The predicted molar refractivity (Wildman–Crippen MR) is 76.4 cm³/mol. The van der Waals surface area contributed by atoms with Crippen LogP contribution in [-0.4, -0.2) is 11.6 Å². The van der Waals surface area contributed by atoms with E-state index in [9.17, 15) is 0 Å². The highest BCUT2D eigenvalue weighted by Gasteiger charge is 2.13. The molecule has 2 aromatic rings. The zero-order valence-electron chi connectivity index (χ0n) is 10.4. The highest BCUT2D eigenvalue weighted by molar-refractivity contribution is 7.09. The molecule has 3 nitrogen and oxygen atoms in total. The lowest BCUT2D eigenvalue weighted by Crippen LogP contribution is -1.98. The van der Waals surface area contributed by atoms with E-state index in [1.807, 2.05) is 31.4 Å². The number of benzene rings is 1. The maximum absolute atomic E-state index is 6.11. The van der Waals surface area contributed by atoms with Crippen molar-refractivity contribution in [2.75, 3.05) is 6.61 Å². The molecule has 0 unspecified atom stereocenters. The highest BCUT2D eigenvalue weighted by Crippen LogP contribution is 2.36. The van der Waals surface area contributed by atoms with Crippen molar-refractivity contribution in [1.82, 2.24) is 4.98 Å². The van der Waals surface area contributed by atoms with Crippen LogP contribution in [0, 0.1) is 6.92 Å². The SMILES string of the molecule is CCOc1c(C)cc(Cl)cc1-c1csc(CN)n1. The van der Waals surface area contributed by atoms with E-state index in [1.165, 1.54) is 0 Å². The van der Waals surface area contributed by atoms with Gasteiger partial charge in [-0.05, 0) is 31.5 Å². The lowest BCUT2D eigenvalue weighted by molar-refractivity contribution is 0.339. The first-order valence-electron chi connectivity index (χ1n) is 5.73. The molecule has 0 amide bonds. The number of ether oxygens (including phenoxy) is 1. The van der Waals surface area contributed by atoms with Crippen LogP contribution >= 0.6 is 22.9 Å². The van der Waals surface area contributed by atoms with Gasteiger partial charge in [0, 0.05) is 22.5 Å². The van der Waals surface area contributed by atoms with Gasteiger partial charge in [-0.25, -0.2) is 4.98 Å². The smallest absolute Gasteiger partial charge is 0.131 e. The molecule has 0 aliphatic carbocycles. The fraction of sp³-hybridized carbons (Fsp3) is 0.308. The highest BCUT2D eigenvalue weighted by atomic mass is 35.5. The molecule has 96 valence electrons. The van der Waals surface area contributed by atoms with Crippen molar-refractivity contribution in [1.29, 1.82) is 0 Å². The third kappa shape index (κ3) is 2.66. The minimum Gasteiger partial charge on any atom is -0.493 e. The monoisotopic (exact) mass is 282 g/mol. The van der Waals surface area contributed by atoms with Gasteiger partial charge in [-0.2, -0.15) is 0 Å². The van der Waals surface area contributed by atoms with Crippen LogP contribution in [0.25, 0.3) is 11.3 Å². The van der Waals surface area contributed by atoms with Crippen LogP contribution in [0.5, 0.6) is 5.75 Å². The zero-order chi connectivity index (χ0) is 13.1. The molecule has 0 radical (unpaired) electrons. The molecule has 0 aliphatic heterocycles. The van der Waals surface area contributed by atoms with Gasteiger partial charge in [0.15, 0.2) is 0 Å². The van der Waals surface area contributed by atoms with Gasteiger partial charge in [0.25, 0.3) is 0 Å². The number of aromatic nitrogens is 1. The van der Waals surface area contributed by atoms with Crippen molar-refractivity contribution in [2.24, 2.45) is 5.73 Å². The predicted octanol–water partition coefficient (Wildman–Crippen LogP) is 3.63. The summed E-state index contributed by atoms with van der Waals surface area (Å²) < 4.78 is 5.69. The molecule has 0 bridgehead atoms. The number of nitrogens with two attached hydrogens (primary N) is 1. The molecule has 0 aliphatic rings. The molecule has 0 saturated heterocycles. The van der Waals surface area contributed by atoms with Crippen LogP contribution in [0.1, 0.15) is 17.5 Å². The molecule has 5 heteroatoms. The largest absolute Gasteiger partial charge is 0.493 e. The Morgan fingerprint density at radius 3 is 2.83 bits per heavy atom. The van der Waals surface area contributed by atoms with Gasteiger partial charge in [0.1, 0.15) is 10.8 Å². The Balaban J connectivity index is 2.53. The van der Waals surface area contributed by atoms with Crippen LogP contribution in [0.3, 0.4) is 0 Å². The number of hydrogen-bond donors (Lipinski definition) is 1. The van der Waals surface area contributed by atoms with Crippen LogP contribution < -0.4 is 10.5 Å². The van der Waals surface area contributed by atoms with E-state index >= 15 is 0 Å². The Morgan fingerprint density at radius 2 is 2.22 bits per heavy atom. The first kappa shape index (κ1) is 13.3. The summed E-state index contributed by atoms with van der Waals surface area (Å²) in [5.41, 5.74) is 8.40. The molecule has 0 fully saturated rings. The van der Waals surface area contributed by atoms with Crippen molar-refractivity contribution < 1.29 is 4.74 Å². The molecule has 0 saturated carbocycles. The average Bonchev–Trinajstić information content (AvgIpc) is 2.81. The third-order valence-corrected chi connectivity index (χ3v) is 3.62. The van der Waals surface area contributed by atoms with Gasteiger partial charge in [-0.3, -0.25) is 0 Å². The van der Waals surface area contributed by atoms with Crippen LogP contribution in [-0.2, 0) is 6.54 Å². The molecular formula is C13H15ClN2OS. The van der Waals surface area contributed by atoms with Gasteiger partial charge < -0.3 is 10.5 Å². The number of aryl methyl sites for hydroxylation is 1. The van der Waals surface area contributed by atoms with Gasteiger partial charge in [0.05, 0.1) is 12.3 Å². The summed E-state index contributed by atoms with van der Waals surface area (Å²) in [6.07, 6.45) is 0. The molecule has 18 heavy (non-hydrogen) atoms. The number of nitrogens with zero attached hydrogens (tertiary/aromatic N) is 1. The molecule has 0 atom stereocenters. The second-order valence-corrected chi connectivity index (χ2v) is 5.24. The summed E-state index contributed by atoms with van der Waals surface area (Å²) >= 11 is 7.66. The Morgan fingerprint density at radius 1 is 1.44 bits per heavy atom. The summed E-state index contributed by atoms with van der Waals surface area (Å²) in [6.45, 7) is 5.01. The summed E-state index contributed by atoms with van der Waals surface area (Å²) in [4.78, 5) is 4.48. The lowest BCUT2D eigenvalue weighted by atomic mass is 10.1. The number of rotatable bonds is 4. The van der Waals surface area contributed by atoms with E-state index < -0.39 is 0 Å². The maximum atomic E-state index is 6.11. The fourth-order valence-corrected chi connectivity index (χ4v) is 2.73. The molecule has 2 rings (SSSR count). The zero-order valence-corrected chi connectivity index (χ0v) is 11.9. The molecule has 0 spiro atoms. The van der Waals surface area contributed by atoms with Gasteiger partial charge in [0.2, 0.25) is 0 Å². The first-order chi connectivity index (χ1) is 8.65. The second kappa shape index (κ2) is 5.69. The topological polar surface area (TPSA) is 48.1 Å². The van der Waals surface area contributed by atoms with E-state index in [1.54, 1.807) is 11.3 Å². The molecular weight excluding hydrogens is 268 g/mol. The summed E-state index contributed by atoms with van der Waals surface area (Å²) in [7, 11) is 0. The van der Waals surface area contributed by atoms with Crippen molar-refractivity contribution in [3.8, 4) is 17.0 Å². The number of halogens is 1. The van der Waals surface area contributed by atoms with Crippen molar-refractivity contribution >= 4 is 22.9 Å². The minimum atomic E-state index is 0.453. The average molecular weight is 283 g/mol. The van der Waals surface area contributed by atoms with E-state index in [0.717, 1.165) is 27.6 Å². The lowest BCUT2D eigenvalue weighted by Gasteiger charge is -2.12. The van der Waals surface area contributed by atoms with E-state index in [2.05, 4.69) is 4.98 Å². The Labute approximate surface area is 116 Å². The first-order valence-corrected chi connectivity index (χ1v) is 6.99. The van der Waals surface area contributed by atoms with Crippen LogP contribution in [0.2, 0.25) is 5.02 Å². The Bertz CT molecular complexity index is 554. The third-order valence-electron chi connectivity index (χ3n) is 2.53. The van der Waals surface area contributed by atoms with Gasteiger partial charge >= 0.3 is 0 Å². The molecule has 2 N–H and O–H groups in total. The second-order valence-electron chi connectivity index (χ2n) is 3.86. The number of thiazole rings is 1. The Kier molecular flexibility index (Phi) is 4.22. The normalized spacial score (nSPS) is 10.7. The van der Waals surface area contributed by atoms with Crippen molar-refractivity contribution in [2.45, 2.75) is 20.4 Å². The maximum Gasteiger partial charge on any atom is 0.131 e. The van der Waals surface area contributed by atoms with Gasteiger partial charge in [-0.15, -0.1) is 11.3 Å². The van der Waals surface area contributed by atoms with Crippen molar-refractivity contribution in [3.05, 3.63) is 33.1 Å². The van der Waals surface area contributed by atoms with E-state index in [-0.39, 0.29) is 0 Å². The van der Waals surface area contributed by atoms with Crippen LogP contribution in [0.15, 0.2) is 17.5 Å².